The summed E-state index contributed by atoms with van der Waals surface area (Å²) in [7, 11) is 0. The number of benzene rings is 7. The molecular weight excluding hydrogens is 617 g/mol. The minimum Gasteiger partial charge on any atom is -0.436 e. The van der Waals surface area contributed by atoms with Crippen molar-refractivity contribution in [3.63, 3.8) is 0 Å². The van der Waals surface area contributed by atoms with Crippen molar-refractivity contribution in [2.45, 2.75) is 0 Å². The van der Waals surface area contributed by atoms with E-state index in [1.54, 1.807) is 0 Å². The molecule has 0 saturated heterocycles. The highest BCUT2D eigenvalue weighted by Crippen LogP contribution is 2.36. The smallest absolute Gasteiger partial charge is 0.227 e. The summed E-state index contributed by atoms with van der Waals surface area (Å²) in [4.78, 5) is 9.65. The number of aromatic nitrogens is 4. The molecule has 0 atom stereocenters. The molecule has 0 spiro atoms. The molecule has 11 rings (SSSR count). The van der Waals surface area contributed by atoms with Gasteiger partial charge in [-0.3, -0.25) is 0 Å². The van der Waals surface area contributed by atoms with Crippen LogP contribution in [0, 0.1) is 0 Å². The minimum atomic E-state index is 0.537. The number of hydrogen-bond acceptors (Lipinski definition) is 4. The Morgan fingerprint density at radius 1 is 0.360 bits per heavy atom. The lowest BCUT2D eigenvalue weighted by atomic mass is 10.2. The van der Waals surface area contributed by atoms with Crippen molar-refractivity contribution < 1.29 is 8.83 Å². The predicted molar refractivity (Wildman–Crippen MR) is 201 cm³/mol. The Morgan fingerprint density at radius 2 is 0.760 bits per heavy atom. The second kappa shape index (κ2) is 10.3. The highest BCUT2D eigenvalue weighted by Gasteiger charge is 2.17. The Balaban J connectivity index is 0.940. The summed E-state index contributed by atoms with van der Waals surface area (Å²) < 4.78 is 17.3. The maximum atomic E-state index is 6.38. The summed E-state index contributed by atoms with van der Waals surface area (Å²) in [5.74, 6) is 1.11. The minimum absolute atomic E-state index is 0.537. The van der Waals surface area contributed by atoms with E-state index in [2.05, 4.69) is 143 Å². The van der Waals surface area contributed by atoms with Crippen LogP contribution < -0.4 is 0 Å². The summed E-state index contributed by atoms with van der Waals surface area (Å²) >= 11 is 0. The molecule has 6 heteroatoms. The van der Waals surface area contributed by atoms with E-state index < -0.39 is 0 Å². The van der Waals surface area contributed by atoms with Crippen molar-refractivity contribution in [2.75, 3.05) is 0 Å². The standard InChI is InChI=1S/C44H26N4O2/c1-5-13-37-31(9-1)32-10-2-6-14-38(32)47(37)29-20-17-27(18-21-29)43-45-35-23-19-28(25-41(35)49-43)44-46-36-24-22-30(26-42(36)50-44)48-39-15-7-3-11-33(39)34-12-4-8-16-40(34)48/h1-26H. The second-order valence-electron chi connectivity index (χ2n) is 12.7. The zero-order valence-electron chi connectivity index (χ0n) is 26.6. The Labute approximate surface area is 285 Å². The van der Waals surface area contributed by atoms with Crippen molar-refractivity contribution >= 4 is 65.8 Å². The van der Waals surface area contributed by atoms with Gasteiger partial charge in [0.1, 0.15) is 11.0 Å². The summed E-state index contributed by atoms with van der Waals surface area (Å²) in [5, 5.41) is 4.93. The predicted octanol–water partition coefficient (Wildman–Crippen LogP) is 11.5. The van der Waals surface area contributed by atoms with E-state index in [1.165, 1.54) is 32.6 Å². The molecule has 0 N–H and O–H groups in total. The van der Waals surface area contributed by atoms with Gasteiger partial charge in [0.25, 0.3) is 0 Å². The number of fused-ring (bicyclic) bond motifs is 8. The van der Waals surface area contributed by atoms with Crippen LogP contribution in [-0.2, 0) is 0 Å². The first kappa shape index (κ1) is 27.1. The molecule has 0 amide bonds. The molecule has 0 aliphatic heterocycles. The fraction of sp³-hybridized carbons (Fsp3) is 0. The topological polar surface area (TPSA) is 61.9 Å². The Kier molecular flexibility index (Phi) is 5.57. The number of oxazole rings is 2. The van der Waals surface area contributed by atoms with Crippen molar-refractivity contribution in [3.05, 3.63) is 158 Å². The van der Waals surface area contributed by atoms with Gasteiger partial charge in [-0.05, 0) is 78.9 Å². The molecule has 234 valence electrons. The average Bonchev–Trinajstić information content (AvgIpc) is 3.95. The molecule has 0 unspecified atom stereocenters. The number of para-hydroxylation sites is 4. The fourth-order valence-corrected chi connectivity index (χ4v) is 7.51. The average molecular weight is 643 g/mol. The maximum absolute atomic E-state index is 6.38. The first-order chi connectivity index (χ1) is 24.8. The first-order valence-corrected chi connectivity index (χ1v) is 16.7. The van der Waals surface area contributed by atoms with Gasteiger partial charge in [-0.1, -0.05) is 72.8 Å². The van der Waals surface area contributed by atoms with Gasteiger partial charge in [-0.15, -0.1) is 0 Å². The molecule has 7 aromatic carbocycles. The highest BCUT2D eigenvalue weighted by molar-refractivity contribution is 6.10. The van der Waals surface area contributed by atoms with Gasteiger partial charge < -0.3 is 18.0 Å². The summed E-state index contributed by atoms with van der Waals surface area (Å²) in [5.41, 5.74) is 11.5. The van der Waals surface area contributed by atoms with E-state index >= 15 is 0 Å². The van der Waals surface area contributed by atoms with E-state index in [-0.39, 0.29) is 0 Å². The number of rotatable bonds is 4. The molecule has 0 saturated carbocycles. The molecule has 11 aromatic rings. The normalized spacial score (nSPS) is 12.0. The molecule has 4 heterocycles. The summed E-state index contributed by atoms with van der Waals surface area (Å²) in [6.07, 6.45) is 0. The Hall–Kier alpha value is -6.92. The molecule has 0 radical (unpaired) electrons. The molecule has 0 fully saturated rings. The molecule has 50 heavy (non-hydrogen) atoms. The first-order valence-electron chi connectivity index (χ1n) is 16.7. The van der Waals surface area contributed by atoms with Gasteiger partial charge in [-0.2, -0.15) is 0 Å². The summed E-state index contributed by atoms with van der Waals surface area (Å²) in [6.45, 7) is 0. The van der Waals surface area contributed by atoms with Gasteiger partial charge >= 0.3 is 0 Å². The third-order valence-corrected chi connectivity index (χ3v) is 9.80. The van der Waals surface area contributed by atoms with Crippen molar-refractivity contribution in [2.24, 2.45) is 0 Å². The van der Waals surface area contributed by atoms with Crippen LogP contribution in [0.2, 0.25) is 0 Å². The van der Waals surface area contributed by atoms with Gasteiger partial charge in [0.15, 0.2) is 11.2 Å². The van der Waals surface area contributed by atoms with Crippen molar-refractivity contribution in [1.29, 1.82) is 0 Å². The van der Waals surface area contributed by atoms with Crippen LogP contribution in [-0.4, -0.2) is 19.1 Å². The van der Waals surface area contributed by atoms with Crippen LogP contribution in [0.25, 0.3) is 100 Å². The van der Waals surface area contributed by atoms with Gasteiger partial charge in [-0.25, -0.2) is 9.97 Å². The van der Waals surface area contributed by atoms with E-state index in [0.29, 0.717) is 17.4 Å². The van der Waals surface area contributed by atoms with E-state index in [4.69, 9.17) is 18.8 Å². The van der Waals surface area contributed by atoms with Crippen molar-refractivity contribution in [3.8, 4) is 34.3 Å². The van der Waals surface area contributed by atoms with Crippen molar-refractivity contribution in [1.82, 2.24) is 19.1 Å². The third-order valence-electron chi connectivity index (χ3n) is 9.80. The lowest BCUT2D eigenvalue weighted by molar-refractivity contribution is 0.613. The van der Waals surface area contributed by atoms with Gasteiger partial charge in [0.05, 0.1) is 27.8 Å². The number of hydrogen-bond donors (Lipinski definition) is 0. The second-order valence-corrected chi connectivity index (χ2v) is 12.7. The lowest BCUT2D eigenvalue weighted by Gasteiger charge is -2.08. The van der Waals surface area contributed by atoms with E-state index in [9.17, 15) is 0 Å². The van der Waals surface area contributed by atoms with Gasteiger partial charge in [0.2, 0.25) is 11.8 Å². The molecule has 0 aliphatic rings. The SMILES string of the molecule is c1ccc2c(c1)c1ccccc1n2-c1ccc(-c2nc3ccc(-c4nc5ccc(-n6c7ccccc7c7ccccc76)cc5o4)cc3o2)cc1. The fourth-order valence-electron chi connectivity index (χ4n) is 7.51. The van der Waals surface area contributed by atoms with E-state index in [0.717, 1.165) is 50.2 Å². The van der Waals surface area contributed by atoms with Crippen LogP contribution in [0.1, 0.15) is 0 Å². The van der Waals surface area contributed by atoms with Crippen LogP contribution in [0.5, 0.6) is 0 Å². The largest absolute Gasteiger partial charge is 0.436 e. The molecule has 0 bridgehead atoms. The maximum Gasteiger partial charge on any atom is 0.227 e. The zero-order chi connectivity index (χ0) is 32.8. The van der Waals surface area contributed by atoms with Crippen LogP contribution >= 0.6 is 0 Å². The number of nitrogens with zero attached hydrogens (tertiary/aromatic N) is 4. The molecule has 4 aromatic heterocycles. The quantitative estimate of drug-likeness (QED) is 0.192. The molecule has 6 nitrogen and oxygen atoms in total. The lowest BCUT2D eigenvalue weighted by Crippen LogP contribution is -1.93. The molecule has 0 aliphatic carbocycles. The van der Waals surface area contributed by atoms with Gasteiger partial charge in [0, 0.05) is 44.4 Å². The van der Waals surface area contributed by atoms with Crippen LogP contribution in [0.15, 0.2) is 167 Å². The highest BCUT2D eigenvalue weighted by atomic mass is 16.4. The third kappa shape index (κ3) is 3.96. The Bertz CT molecular complexity index is 3000. The van der Waals surface area contributed by atoms with Crippen LogP contribution in [0.3, 0.4) is 0 Å². The zero-order valence-corrected chi connectivity index (χ0v) is 26.6. The Morgan fingerprint density at radius 3 is 1.30 bits per heavy atom. The molecular formula is C44H26N4O2. The van der Waals surface area contributed by atoms with E-state index in [1.807, 2.05) is 24.3 Å². The van der Waals surface area contributed by atoms with Crippen LogP contribution in [0.4, 0.5) is 0 Å². The summed E-state index contributed by atoms with van der Waals surface area (Å²) in [6, 6.07) is 54.5. The monoisotopic (exact) mass is 642 g/mol.